The van der Waals surface area contributed by atoms with Gasteiger partial charge in [0, 0.05) is 0 Å². The van der Waals surface area contributed by atoms with Crippen molar-refractivity contribution in [2.75, 3.05) is 0 Å². The van der Waals surface area contributed by atoms with Crippen LogP contribution < -0.4 is 0 Å². The number of ether oxygens (including phenoxy) is 1. The lowest BCUT2D eigenvalue weighted by Gasteiger charge is -2.34. The van der Waals surface area contributed by atoms with Crippen molar-refractivity contribution in [2.24, 2.45) is 0 Å². The molecule has 1 fully saturated rings. The van der Waals surface area contributed by atoms with E-state index in [4.69, 9.17) is 4.74 Å². The average Bonchev–Trinajstić information content (AvgIpc) is 2.19. The second-order valence-electron chi connectivity index (χ2n) is 4.27. The zero-order valence-electron chi connectivity index (χ0n) is 9.14. The van der Waals surface area contributed by atoms with E-state index >= 15 is 0 Å². The minimum absolute atomic E-state index is 0.109. The van der Waals surface area contributed by atoms with E-state index in [1.807, 2.05) is 0 Å². The Morgan fingerprint density at radius 1 is 1.15 bits per heavy atom. The summed E-state index contributed by atoms with van der Waals surface area (Å²) in [5.41, 5.74) is -0.109. The van der Waals surface area contributed by atoms with Gasteiger partial charge in [-0.1, -0.05) is 33.1 Å². The van der Waals surface area contributed by atoms with Gasteiger partial charge in [0.1, 0.15) is 0 Å². The molecular formula is C12H23O. The van der Waals surface area contributed by atoms with Crippen LogP contribution in [0.25, 0.3) is 0 Å². The molecule has 0 aromatic rings. The summed E-state index contributed by atoms with van der Waals surface area (Å²) in [6.07, 6.45) is 9.12. The molecule has 1 aliphatic carbocycles. The summed E-state index contributed by atoms with van der Waals surface area (Å²) in [5, 5.41) is 0. The molecule has 1 heteroatoms. The van der Waals surface area contributed by atoms with Crippen LogP contribution in [0.15, 0.2) is 0 Å². The molecule has 0 aliphatic heterocycles. The van der Waals surface area contributed by atoms with Gasteiger partial charge in [-0.25, -0.2) is 0 Å². The van der Waals surface area contributed by atoms with Crippen molar-refractivity contribution in [3.63, 3.8) is 0 Å². The smallest absolute Gasteiger partial charge is 0.0682 e. The van der Waals surface area contributed by atoms with Gasteiger partial charge in [-0.3, -0.25) is 0 Å². The predicted molar refractivity (Wildman–Crippen MR) is 56.6 cm³/mol. The van der Waals surface area contributed by atoms with Gasteiger partial charge in [0.15, 0.2) is 0 Å². The lowest BCUT2D eigenvalue weighted by atomic mass is 9.94. The summed E-state index contributed by atoms with van der Waals surface area (Å²) in [6.45, 7) is 8.51. The maximum atomic E-state index is 6.07. The molecule has 77 valence electrons. The summed E-state index contributed by atoms with van der Waals surface area (Å²) >= 11 is 0. The molecule has 1 saturated carbocycles. The van der Waals surface area contributed by atoms with E-state index in [-0.39, 0.29) is 5.60 Å². The van der Waals surface area contributed by atoms with E-state index in [1.165, 1.54) is 32.1 Å². The Bertz CT molecular complexity index is 132. The van der Waals surface area contributed by atoms with Crippen LogP contribution in [0.1, 0.15) is 58.8 Å². The van der Waals surface area contributed by atoms with Crippen LogP contribution in [0.2, 0.25) is 0 Å². The maximum Gasteiger partial charge on any atom is 0.0682 e. The second-order valence-corrected chi connectivity index (χ2v) is 4.27. The molecule has 0 amide bonds. The van der Waals surface area contributed by atoms with Crippen LogP contribution in [0.3, 0.4) is 0 Å². The molecule has 0 aromatic heterocycles. The van der Waals surface area contributed by atoms with E-state index in [0.717, 1.165) is 12.8 Å². The van der Waals surface area contributed by atoms with Crippen molar-refractivity contribution in [3.8, 4) is 0 Å². The van der Waals surface area contributed by atoms with E-state index in [1.54, 1.807) is 0 Å². The molecule has 0 saturated heterocycles. The fraction of sp³-hybridized carbons (Fsp3) is 0.917. The topological polar surface area (TPSA) is 9.23 Å². The lowest BCUT2D eigenvalue weighted by Crippen LogP contribution is -2.33. The molecular weight excluding hydrogens is 160 g/mol. The van der Waals surface area contributed by atoms with Crippen molar-refractivity contribution in [2.45, 2.75) is 70.5 Å². The number of rotatable bonds is 4. The Hall–Kier alpha value is -0.0400. The van der Waals surface area contributed by atoms with Gasteiger partial charge < -0.3 is 4.74 Å². The van der Waals surface area contributed by atoms with Crippen LogP contribution in [-0.4, -0.2) is 11.7 Å². The Morgan fingerprint density at radius 2 is 1.69 bits per heavy atom. The van der Waals surface area contributed by atoms with Gasteiger partial charge >= 0.3 is 0 Å². The standard InChI is InChI=1S/C12H23O/c1-4-12(3,5-2)13-11-9-7-6-8-10-11/h11H,3-10H2,1-2H3. The molecule has 0 aromatic carbocycles. The molecule has 0 bridgehead atoms. The Kier molecular flexibility index (Phi) is 4.24. The SMILES string of the molecule is [CH2]C(CC)(CC)OC1CCCCC1. The quantitative estimate of drug-likeness (QED) is 0.645. The first kappa shape index (κ1) is 11.0. The molecule has 1 nitrogen and oxygen atoms in total. The van der Waals surface area contributed by atoms with Crippen molar-refractivity contribution in [1.29, 1.82) is 0 Å². The summed E-state index contributed by atoms with van der Waals surface area (Å²) in [5.74, 6) is 0. The summed E-state index contributed by atoms with van der Waals surface area (Å²) in [7, 11) is 0. The first-order valence-corrected chi connectivity index (χ1v) is 5.73. The average molecular weight is 183 g/mol. The Labute approximate surface area is 82.9 Å². The van der Waals surface area contributed by atoms with Crippen LogP contribution in [-0.2, 0) is 4.74 Å². The summed E-state index contributed by atoms with van der Waals surface area (Å²) < 4.78 is 6.07. The fourth-order valence-corrected chi connectivity index (χ4v) is 1.95. The third-order valence-electron chi connectivity index (χ3n) is 3.26. The van der Waals surface area contributed by atoms with Gasteiger partial charge in [-0.05, 0) is 32.6 Å². The summed E-state index contributed by atoms with van der Waals surface area (Å²) in [6, 6.07) is 0. The molecule has 0 N–H and O–H groups in total. The van der Waals surface area contributed by atoms with Crippen molar-refractivity contribution < 1.29 is 4.74 Å². The predicted octanol–water partition coefficient (Wildman–Crippen LogP) is 3.73. The molecule has 1 radical (unpaired) electrons. The highest BCUT2D eigenvalue weighted by Gasteiger charge is 2.26. The highest BCUT2D eigenvalue weighted by Crippen LogP contribution is 2.28. The largest absolute Gasteiger partial charge is 0.372 e. The molecule has 13 heavy (non-hydrogen) atoms. The fourth-order valence-electron chi connectivity index (χ4n) is 1.95. The van der Waals surface area contributed by atoms with Gasteiger partial charge in [0.05, 0.1) is 11.7 Å². The molecule has 0 unspecified atom stereocenters. The van der Waals surface area contributed by atoms with Crippen molar-refractivity contribution in [3.05, 3.63) is 6.92 Å². The van der Waals surface area contributed by atoms with Crippen LogP contribution in [0.4, 0.5) is 0 Å². The van der Waals surface area contributed by atoms with Crippen LogP contribution in [0.5, 0.6) is 0 Å². The molecule has 1 aliphatic rings. The van der Waals surface area contributed by atoms with E-state index in [2.05, 4.69) is 20.8 Å². The second kappa shape index (κ2) is 4.99. The van der Waals surface area contributed by atoms with Gasteiger partial charge in [-0.2, -0.15) is 0 Å². The normalized spacial score (nSPS) is 20.5. The van der Waals surface area contributed by atoms with Crippen LogP contribution >= 0.6 is 0 Å². The first-order valence-electron chi connectivity index (χ1n) is 5.73. The highest BCUT2D eigenvalue weighted by atomic mass is 16.5. The monoisotopic (exact) mass is 183 g/mol. The first-order chi connectivity index (χ1) is 6.20. The van der Waals surface area contributed by atoms with Crippen molar-refractivity contribution >= 4 is 0 Å². The Balaban J connectivity index is 2.35. The third kappa shape index (κ3) is 3.30. The molecule has 1 rings (SSSR count). The van der Waals surface area contributed by atoms with Gasteiger partial charge in [-0.15, -0.1) is 0 Å². The summed E-state index contributed by atoms with van der Waals surface area (Å²) in [4.78, 5) is 0. The molecule has 0 atom stereocenters. The number of hydrogen-bond donors (Lipinski definition) is 0. The third-order valence-corrected chi connectivity index (χ3v) is 3.26. The van der Waals surface area contributed by atoms with Gasteiger partial charge in [0.25, 0.3) is 0 Å². The van der Waals surface area contributed by atoms with Crippen molar-refractivity contribution in [1.82, 2.24) is 0 Å². The number of hydrogen-bond acceptors (Lipinski definition) is 1. The minimum Gasteiger partial charge on any atom is -0.372 e. The Morgan fingerprint density at radius 3 is 2.15 bits per heavy atom. The van der Waals surface area contributed by atoms with Gasteiger partial charge in [0.2, 0.25) is 0 Å². The maximum absolute atomic E-state index is 6.07. The van der Waals surface area contributed by atoms with E-state index in [9.17, 15) is 0 Å². The lowest BCUT2D eigenvalue weighted by molar-refractivity contribution is -0.0825. The van der Waals surface area contributed by atoms with Crippen LogP contribution in [0, 0.1) is 6.92 Å². The van der Waals surface area contributed by atoms with E-state index < -0.39 is 0 Å². The zero-order chi connectivity index (χ0) is 9.73. The minimum atomic E-state index is -0.109. The zero-order valence-corrected chi connectivity index (χ0v) is 9.14. The van der Waals surface area contributed by atoms with E-state index in [0.29, 0.717) is 6.10 Å². The molecule has 0 heterocycles. The molecule has 0 spiro atoms. The highest BCUT2D eigenvalue weighted by molar-refractivity contribution is 4.82.